The number of benzene rings is 1. The van der Waals surface area contributed by atoms with Crippen molar-refractivity contribution in [3.63, 3.8) is 0 Å². The lowest BCUT2D eigenvalue weighted by atomic mass is 10.1. The molecule has 1 aliphatic rings. The lowest BCUT2D eigenvalue weighted by Crippen LogP contribution is -2.45. The quantitative estimate of drug-likeness (QED) is 0.194. The number of allylic oxidation sites excluding steroid dienone is 4. The van der Waals surface area contributed by atoms with Crippen LogP contribution in [0.25, 0.3) is 0 Å². The van der Waals surface area contributed by atoms with Crippen molar-refractivity contribution in [3.05, 3.63) is 73.5 Å². The van der Waals surface area contributed by atoms with Crippen molar-refractivity contribution in [3.8, 4) is 5.75 Å². The number of likely N-dealkylation sites (N-methyl/N-ethyl adjacent to an activating group) is 1. The van der Waals surface area contributed by atoms with Crippen LogP contribution >= 0.6 is 0 Å². The molecule has 1 amide bonds. The molecule has 2 atom stereocenters. The minimum atomic E-state index is -0.0242. The van der Waals surface area contributed by atoms with Gasteiger partial charge in [-0.2, -0.15) is 5.11 Å². The van der Waals surface area contributed by atoms with Gasteiger partial charge in [0.05, 0.1) is 11.2 Å². The summed E-state index contributed by atoms with van der Waals surface area (Å²) in [4.78, 5) is 13.4. The second-order valence-corrected chi connectivity index (χ2v) is 8.28. The highest BCUT2D eigenvalue weighted by molar-refractivity contribution is 5.77. The average molecular weight is 545 g/mol. The first-order chi connectivity index (χ1) is 18.6. The predicted molar refractivity (Wildman–Crippen MR) is 174 cm³/mol. The molecule has 0 bridgehead atoms. The minimum Gasteiger partial charge on any atom is -0.506 e. The van der Waals surface area contributed by atoms with Crippen LogP contribution in [-0.2, 0) is 11.2 Å². The Morgan fingerprint density at radius 3 is 2.03 bits per heavy atom. The molecular formula is C33H60N4O2. The van der Waals surface area contributed by atoms with E-state index in [2.05, 4.69) is 75.0 Å². The van der Waals surface area contributed by atoms with E-state index in [1.807, 2.05) is 79.7 Å². The molecule has 0 spiro atoms. The van der Waals surface area contributed by atoms with E-state index in [0.717, 1.165) is 18.4 Å². The van der Waals surface area contributed by atoms with Crippen molar-refractivity contribution in [2.24, 2.45) is 10.2 Å². The highest BCUT2D eigenvalue weighted by Crippen LogP contribution is 2.50. The van der Waals surface area contributed by atoms with Gasteiger partial charge in [-0.05, 0) is 77.6 Å². The van der Waals surface area contributed by atoms with E-state index in [0.29, 0.717) is 17.8 Å². The third kappa shape index (κ3) is 15.9. The molecule has 6 nitrogen and oxygen atoms in total. The van der Waals surface area contributed by atoms with Gasteiger partial charge in [-0.3, -0.25) is 4.79 Å². The lowest BCUT2D eigenvalue weighted by molar-refractivity contribution is -0.121. The molecule has 0 saturated heterocycles. The van der Waals surface area contributed by atoms with Crippen molar-refractivity contribution >= 4 is 11.6 Å². The van der Waals surface area contributed by atoms with E-state index in [1.165, 1.54) is 0 Å². The molecule has 1 aromatic carbocycles. The first-order valence-electron chi connectivity index (χ1n) is 14.2. The Balaban J connectivity index is -0.000000256. The summed E-state index contributed by atoms with van der Waals surface area (Å²) in [5, 5.41) is 20.8. The van der Waals surface area contributed by atoms with Gasteiger partial charge in [0.25, 0.3) is 0 Å². The molecule has 1 aromatic rings. The Hall–Kier alpha value is -2.99. The number of hydrogen-bond donors (Lipinski definition) is 2. The molecular weight excluding hydrogens is 484 g/mol. The Kier molecular flexibility index (Phi) is 27.9. The third-order valence-electron chi connectivity index (χ3n) is 5.87. The fraction of sp³-hybridized carbons (Fsp3) is 0.545. The van der Waals surface area contributed by atoms with Crippen molar-refractivity contribution in [2.75, 3.05) is 14.1 Å². The number of nitrogens with zero attached hydrogens (tertiary/aromatic N) is 3. The second-order valence-electron chi connectivity index (χ2n) is 8.28. The Morgan fingerprint density at radius 2 is 1.64 bits per heavy atom. The van der Waals surface area contributed by atoms with Crippen molar-refractivity contribution in [1.82, 2.24) is 10.2 Å². The van der Waals surface area contributed by atoms with E-state index in [4.69, 9.17) is 0 Å². The Bertz CT molecular complexity index is 874. The number of carbonyl (C=O) groups excluding carboxylic acids is 1. The monoisotopic (exact) mass is 544 g/mol. The maximum atomic E-state index is 11.2. The number of phenols is 1. The summed E-state index contributed by atoms with van der Waals surface area (Å²) in [7, 11) is 4.12. The van der Waals surface area contributed by atoms with E-state index >= 15 is 0 Å². The van der Waals surface area contributed by atoms with Gasteiger partial charge < -0.3 is 15.3 Å². The zero-order chi connectivity index (χ0) is 31.7. The molecule has 0 aromatic heterocycles. The number of amides is 1. The largest absolute Gasteiger partial charge is 0.506 e. The second kappa shape index (κ2) is 25.3. The first kappa shape index (κ1) is 43.1. The molecule has 6 heteroatoms. The van der Waals surface area contributed by atoms with Gasteiger partial charge in [0.2, 0.25) is 5.91 Å². The number of hydrogen-bond acceptors (Lipinski definition) is 5. The minimum absolute atomic E-state index is 0.0242. The number of azo groups is 1. The van der Waals surface area contributed by atoms with Crippen LogP contribution in [0.4, 0.5) is 5.69 Å². The van der Waals surface area contributed by atoms with Crippen LogP contribution in [-0.4, -0.2) is 41.1 Å². The highest BCUT2D eigenvalue weighted by atomic mass is 16.3. The summed E-state index contributed by atoms with van der Waals surface area (Å²) in [6.45, 7) is 31.8. The number of aromatic hydroxyl groups is 1. The number of carbonyl (C=O) groups is 1. The maximum absolute atomic E-state index is 11.2. The molecule has 224 valence electrons. The summed E-state index contributed by atoms with van der Waals surface area (Å²) in [5.41, 5.74) is 2.35. The van der Waals surface area contributed by atoms with Gasteiger partial charge in [0.1, 0.15) is 11.4 Å². The molecule has 1 fully saturated rings. The molecule has 2 N–H and O–H groups in total. The Morgan fingerprint density at radius 1 is 1.10 bits per heavy atom. The van der Waals surface area contributed by atoms with Crippen LogP contribution in [0.3, 0.4) is 0 Å². The number of rotatable bonds is 8. The molecule has 39 heavy (non-hydrogen) atoms. The number of aryl methyl sites for hydroxylation is 1. The number of phenolic OH excluding ortho intramolecular Hbond substituents is 1. The average Bonchev–Trinajstić information content (AvgIpc) is 3.55. The molecule has 2 unspecified atom stereocenters. The van der Waals surface area contributed by atoms with Crippen molar-refractivity contribution < 1.29 is 9.90 Å². The standard InChI is InChI=1S/C15H18N2O.C10H20N2O.3C2H6.C2H4/c1-4-7-8-13(6-3)16-17-14-11-12(5-2)9-10-15(14)18;1-6-8(13)11-9(2)7-10(9,3)12(4)5;4*1-2/h4,6-11,18H,3,5H2,1-2H3;6-7H2,1-5H3,(H,11,13);3*1-2H3;1-2H2/b7-4-,13-8+,17-16?;;;;;. The molecule has 0 heterocycles. The summed E-state index contributed by atoms with van der Waals surface area (Å²) in [6, 6.07) is 5.34. The fourth-order valence-corrected chi connectivity index (χ4v) is 3.19. The van der Waals surface area contributed by atoms with Crippen LogP contribution in [0, 0.1) is 0 Å². The third-order valence-corrected chi connectivity index (χ3v) is 5.87. The predicted octanol–water partition coefficient (Wildman–Crippen LogP) is 9.56. The van der Waals surface area contributed by atoms with Gasteiger partial charge in [-0.15, -0.1) is 18.3 Å². The van der Waals surface area contributed by atoms with Gasteiger partial charge in [0, 0.05) is 12.0 Å². The Labute approximate surface area is 241 Å². The van der Waals surface area contributed by atoms with Crippen LogP contribution in [0.15, 0.2) is 78.2 Å². The smallest absolute Gasteiger partial charge is 0.220 e. The van der Waals surface area contributed by atoms with Crippen LogP contribution in [0.1, 0.15) is 94.6 Å². The van der Waals surface area contributed by atoms with Gasteiger partial charge in [0.15, 0.2) is 0 Å². The molecule has 1 saturated carbocycles. The molecule has 0 radical (unpaired) electrons. The highest BCUT2D eigenvalue weighted by Gasteiger charge is 2.63. The topological polar surface area (TPSA) is 77.3 Å². The van der Waals surface area contributed by atoms with Crippen LogP contribution in [0.2, 0.25) is 0 Å². The normalized spacial score (nSPS) is 18.9. The summed E-state index contributed by atoms with van der Waals surface area (Å²) >= 11 is 0. The van der Waals surface area contributed by atoms with E-state index < -0.39 is 0 Å². The SMILES string of the molecule is C=C.C=C/C(=C\C=C/C)N=Nc1cc(CC)ccc1O.CC.CC.CC.CCC(=O)NC1(C)CC1(C)N(C)C. The van der Waals surface area contributed by atoms with Crippen LogP contribution < -0.4 is 5.32 Å². The van der Waals surface area contributed by atoms with E-state index in [-0.39, 0.29) is 22.7 Å². The van der Waals surface area contributed by atoms with Crippen molar-refractivity contribution in [2.45, 2.75) is 107 Å². The summed E-state index contributed by atoms with van der Waals surface area (Å²) in [6.07, 6.45) is 9.68. The zero-order valence-corrected chi connectivity index (χ0v) is 27.5. The van der Waals surface area contributed by atoms with Gasteiger partial charge in [-0.25, -0.2) is 0 Å². The maximum Gasteiger partial charge on any atom is 0.220 e. The van der Waals surface area contributed by atoms with Crippen molar-refractivity contribution in [1.29, 1.82) is 0 Å². The lowest BCUT2D eigenvalue weighted by Gasteiger charge is -2.26. The van der Waals surface area contributed by atoms with E-state index in [9.17, 15) is 9.90 Å². The molecule has 2 rings (SSSR count). The van der Waals surface area contributed by atoms with Crippen LogP contribution in [0.5, 0.6) is 5.75 Å². The first-order valence-corrected chi connectivity index (χ1v) is 14.2. The zero-order valence-electron chi connectivity index (χ0n) is 27.5. The summed E-state index contributed by atoms with van der Waals surface area (Å²) in [5.74, 6) is 0.276. The number of nitrogens with one attached hydrogen (secondary N) is 1. The molecule has 0 aliphatic heterocycles. The fourth-order valence-electron chi connectivity index (χ4n) is 3.19. The van der Waals surface area contributed by atoms with Gasteiger partial charge >= 0.3 is 0 Å². The van der Waals surface area contributed by atoms with Gasteiger partial charge in [-0.1, -0.05) is 80.2 Å². The molecule has 1 aliphatic carbocycles. The van der Waals surface area contributed by atoms with E-state index in [1.54, 1.807) is 18.2 Å². The summed E-state index contributed by atoms with van der Waals surface area (Å²) < 4.78 is 0.